The fraction of sp³-hybridized carbons (Fsp3) is 0.238. The number of amides is 1. The van der Waals surface area contributed by atoms with Crippen LogP contribution < -0.4 is 14.8 Å². The molecule has 3 rings (SSSR count). The predicted molar refractivity (Wildman–Crippen MR) is 116 cm³/mol. The van der Waals surface area contributed by atoms with Crippen LogP contribution in [0.4, 0.5) is 5.13 Å². The summed E-state index contributed by atoms with van der Waals surface area (Å²) in [6, 6.07) is 13.1. The lowest BCUT2D eigenvalue weighted by Crippen LogP contribution is -2.11. The lowest BCUT2D eigenvalue weighted by atomic mass is 10.1. The summed E-state index contributed by atoms with van der Waals surface area (Å²) >= 11 is 3.13. The van der Waals surface area contributed by atoms with Crippen molar-refractivity contribution in [2.24, 2.45) is 0 Å². The number of aromatic nitrogens is 1. The number of methoxy groups -OCH3 is 2. The average Bonchev–Trinajstić information content (AvgIpc) is 3.15. The van der Waals surface area contributed by atoms with Crippen LogP contribution in [0.2, 0.25) is 0 Å². The largest absolute Gasteiger partial charge is 0.497 e. The second-order valence-electron chi connectivity index (χ2n) is 6.25. The first kappa shape index (κ1) is 20.2. The first-order chi connectivity index (χ1) is 13.5. The van der Waals surface area contributed by atoms with Gasteiger partial charge in [0.25, 0.3) is 5.91 Å². The van der Waals surface area contributed by atoms with Gasteiger partial charge >= 0.3 is 0 Å². The van der Waals surface area contributed by atoms with E-state index in [1.54, 1.807) is 26.0 Å². The number of anilines is 1. The van der Waals surface area contributed by atoms with E-state index in [0.717, 1.165) is 16.2 Å². The molecular formula is C21H22N2O3S2. The van der Waals surface area contributed by atoms with Crippen LogP contribution in [0.3, 0.4) is 0 Å². The number of nitrogens with one attached hydrogen (secondary N) is 1. The van der Waals surface area contributed by atoms with Crippen LogP contribution in [0.25, 0.3) is 11.3 Å². The minimum Gasteiger partial charge on any atom is -0.497 e. The number of hydrogen-bond donors (Lipinski definition) is 1. The highest BCUT2D eigenvalue weighted by atomic mass is 32.2. The number of nitrogens with zero attached hydrogens (tertiary/aromatic N) is 1. The lowest BCUT2D eigenvalue weighted by Gasteiger charge is -2.08. The van der Waals surface area contributed by atoms with Crippen LogP contribution in [-0.2, 0) is 0 Å². The van der Waals surface area contributed by atoms with Crippen molar-refractivity contribution in [3.8, 4) is 22.8 Å². The number of hydrogen-bond acceptors (Lipinski definition) is 6. The van der Waals surface area contributed by atoms with Gasteiger partial charge in [0.2, 0.25) is 0 Å². The molecule has 0 radical (unpaired) electrons. The molecule has 0 aliphatic rings. The van der Waals surface area contributed by atoms with E-state index in [1.807, 2.05) is 47.8 Å². The molecule has 0 aliphatic carbocycles. The molecule has 0 spiro atoms. The average molecular weight is 415 g/mol. The highest BCUT2D eigenvalue weighted by Gasteiger charge is 2.14. The molecule has 0 bridgehead atoms. The van der Waals surface area contributed by atoms with Crippen LogP contribution >= 0.6 is 23.1 Å². The molecule has 1 aromatic heterocycles. The van der Waals surface area contributed by atoms with Gasteiger partial charge in [0.05, 0.1) is 19.9 Å². The van der Waals surface area contributed by atoms with Crippen molar-refractivity contribution < 1.29 is 14.3 Å². The zero-order valence-corrected chi connectivity index (χ0v) is 17.8. The van der Waals surface area contributed by atoms with E-state index in [0.29, 0.717) is 27.4 Å². The molecule has 2 aromatic carbocycles. The second kappa shape index (κ2) is 9.12. The smallest absolute Gasteiger partial charge is 0.257 e. The minimum atomic E-state index is -0.181. The number of ether oxygens (including phenoxy) is 2. The van der Waals surface area contributed by atoms with Gasteiger partial charge in [-0.2, -0.15) is 0 Å². The Kier molecular flexibility index (Phi) is 6.59. The first-order valence-corrected chi connectivity index (χ1v) is 10.5. The van der Waals surface area contributed by atoms with E-state index >= 15 is 0 Å². The molecule has 7 heteroatoms. The number of carbonyl (C=O) groups is 1. The van der Waals surface area contributed by atoms with E-state index in [4.69, 9.17) is 9.47 Å². The Morgan fingerprint density at radius 2 is 1.86 bits per heavy atom. The Bertz CT molecular complexity index is 953. The van der Waals surface area contributed by atoms with Gasteiger partial charge < -0.3 is 9.47 Å². The maximum Gasteiger partial charge on any atom is 0.257 e. The molecule has 146 valence electrons. The zero-order chi connectivity index (χ0) is 20.1. The molecule has 1 amide bonds. The predicted octanol–water partition coefficient (Wildman–Crippen LogP) is 5.58. The van der Waals surface area contributed by atoms with Crippen molar-refractivity contribution in [2.75, 3.05) is 19.5 Å². The van der Waals surface area contributed by atoms with Crippen molar-refractivity contribution >= 4 is 34.1 Å². The molecule has 5 nitrogen and oxygen atoms in total. The monoisotopic (exact) mass is 414 g/mol. The normalized spacial score (nSPS) is 10.8. The SMILES string of the molecule is COc1ccc(OC)c(-c2csc(NC(=O)c3ccc(SC(C)C)cc3)n2)c1. The molecule has 0 saturated carbocycles. The Morgan fingerprint density at radius 1 is 1.11 bits per heavy atom. The molecule has 1 N–H and O–H groups in total. The summed E-state index contributed by atoms with van der Waals surface area (Å²) in [5.41, 5.74) is 2.14. The van der Waals surface area contributed by atoms with Gasteiger partial charge in [0.15, 0.2) is 5.13 Å². The molecule has 28 heavy (non-hydrogen) atoms. The molecule has 0 fully saturated rings. The number of carbonyl (C=O) groups excluding carboxylic acids is 1. The number of thiazole rings is 1. The van der Waals surface area contributed by atoms with E-state index in [-0.39, 0.29) is 5.91 Å². The van der Waals surface area contributed by atoms with Gasteiger partial charge in [-0.05, 0) is 42.5 Å². The van der Waals surface area contributed by atoms with Crippen LogP contribution in [0.5, 0.6) is 11.5 Å². The van der Waals surface area contributed by atoms with E-state index in [9.17, 15) is 4.79 Å². The number of rotatable bonds is 7. The fourth-order valence-electron chi connectivity index (χ4n) is 2.60. The van der Waals surface area contributed by atoms with Gasteiger partial charge in [0.1, 0.15) is 11.5 Å². The zero-order valence-electron chi connectivity index (χ0n) is 16.2. The molecular weight excluding hydrogens is 392 g/mol. The van der Waals surface area contributed by atoms with Crippen molar-refractivity contribution in [1.82, 2.24) is 4.98 Å². The van der Waals surface area contributed by atoms with Gasteiger partial charge in [-0.1, -0.05) is 13.8 Å². The molecule has 3 aromatic rings. The summed E-state index contributed by atoms with van der Waals surface area (Å²) in [6.07, 6.45) is 0. The third-order valence-electron chi connectivity index (χ3n) is 3.90. The highest BCUT2D eigenvalue weighted by Crippen LogP contribution is 2.35. The molecule has 1 heterocycles. The lowest BCUT2D eigenvalue weighted by molar-refractivity contribution is 0.102. The molecule has 0 unspecified atom stereocenters. The second-order valence-corrected chi connectivity index (χ2v) is 8.76. The Morgan fingerprint density at radius 3 is 2.50 bits per heavy atom. The van der Waals surface area contributed by atoms with Crippen molar-refractivity contribution in [3.63, 3.8) is 0 Å². The third-order valence-corrected chi connectivity index (χ3v) is 5.67. The van der Waals surface area contributed by atoms with Gasteiger partial charge in [0, 0.05) is 26.7 Å². The topological polar surface area (TPSA) is 60.5 Å². The van der Waals surface area contributed by atoms with Crippen LogP contribution in [-0.4, -0.2) is 30.4 Å². The first-order valence-electron chi connectivity index (χ1n) is 8.76. The summed E-state index contributed by atoms with van der Waals surface area (Å²) in [5.74, 6) is 1.23. The number of benzene rings is 2. The maximum atomic E-state index is 12.5. The number of thioether (sulfide) groups is 1. The molecule has 0 aliphatic heterocycles. The van der Waals surface area contributed by atoms with Crippen molar-refractivity contribution in [3.05, 3.63) is 53.4 Å². The van der Waals surface area contributed by atoms with Crippen molar-refractivity contribution in [1.29, 1.82) is 0 Å². The van der Waals surface area contributed by atoms with Crippen LogP contribution in [0.15, 0.2) is 52.7 Å². The maximum absolute atomic E-state index is 12.5. The summed E-state index contributed by atoms with van der Waals surface area (Å²) in [5, 5.41) is 5.78. The van der Waals surface area contributed by atoms with Gasteiger partial charge in [-0.15, -0.1) is 23.1 Å². The summed E-state index contributed by atoms with van der Waals surface area (Å²) in [6.45, 7) is 4.28. The Labute approximate surface area is 173 Å². The van der Waals surface area contributed by atoms with E-state index < -0.39 is 0 Å². The fourth-order valence-corrected chi connectivity index (χ4v) is 4.14. The van der Waals surface area contributed by atoms with Gasteiger partial charge in [-0.25, -0.2) is 4.98 Å². The summed E-state index contributed by atoms with van der Waals surface area (Å²) in [7, 11) is 3.23. The summed E-state index contributed by atoms with van der Waals surface area (Å²) in [4.78, 5) is 18.2. The third kappa shape index (κ3) is 4.85. The van der Waals surface area contributed by atoms with Crippen molar-refractivity contribution in [2.45, 2.75) is 24.0 Å². The van der Waals surface area contributed by atoms with E-state index in [1.165, 1.54) is 11.3 Å². The van der Waals surface area contributed by atoms with E-state index in [2.05, 4.69) is 24.1 Å². The van der Waals surface area contributed by atoms with Gasteiger partial charge in [-0.3, -0.25) is 10.1 Å². The van der Waals surface area contributed by atoms with Crippen LogP contribution in [0.1, 0.15) is 24.2 Å². The Balaban J connectivity index is 1.75. The standard InChI is InChI=1S/C21H22N2O3S2/c1-13(2)28-16-8-5-14(6-9-16)20(24)23-21-22-18(12-27-21)17-11-15(25-3)7-10-19(17)26-4/h5-13H,1-4H3,(H,22,23,24). The summed E-state index contributed by atoms with van der Waals surface area (Å²) < 4.78 is 10.7. The Hall–Kier alpha value is -2.51. The van der Waals surface area contributed by atoms with Crippen LogP contribution in [0, 0.1) is 0 Å². The molecule has 0 saturated heterocycles. The quantitative estimate of drug-likeness (QED) is 0.511. The minimum absolute atomic E-state index is 0.181. The highest BCUT2D eigenvalue weighted by molar-refractivity contribution is 7.99. The molecule has 0 atom stereocenters.